The molecule has 0 spiro atoms. The summed E-state index contributed by atoms with van der Waals surface area (Å²) >= 11 is 0. The van der Waals surface area contributed by atoms with Crippen LogP contribution in [0.4, 0.5) is 0 Å². The molecule has 2 N–H and O–H groups in total. The Morgan fingerprint density at radius 3 is 2.81 bits per heavy atom. The number of hydrogen-bond acceptors (Lipinski definition) is 2. The van der Waals surface area contributed by atoms with Gasteiger partial charge in [-0.2, -0.15) is 0 Å². The number of aromatic hydroxyl groups is 1. The van der Waals surface area contributed by atoms with Crippen molar-refractivity contribution in [1.82, 2.24) is 5.32 Å². The molecule has 2 rings (SSSR count). The lowest BCUT2D eigenvalue weighted by atomic mass is 10.1. The molecule has 0 atom stereocenters. The van der Waals surface area contributed by atoms with E-state index in [-0.39, 0.29) is 5.75 Å². The molecule has 80 valence electrons. The van der Waals surface area contributed by atoms with Crippen molar-refractivity contribution < 1.29 is 5.11 Å². The highest BCUT2D eigenvalue weighted by Gasteiger charge is 2.02. The fraction of sp³-hybridized carbons (Fsp3) is 0.143. The molecule has 0 saturated carbocycles. The summed E-state index contributed by atoms with van der Waals surface area (Å²) in [4.78, 5) is 0. The van der Waals surface area contributed by atoms with E-state index in [0.717, 1.165) is 10.8 Å². The van der Waals surface area contributed by atoms with Crippen molar-refractivity contribution in [3.8, 4) is 17.6 Å². The number of phenolic OH excluding ortho intramolecular Hbond substituents is 1. The van der Waals surface area contributed by atoms with Crippen LogP contribution in [0.15, 0.2) is 36.4 Å². The van der Waals surface area contributed by atoms with E-state index in [2.05, 4.69) is 17.2 Å². The third-order valence-electron chi connectivity index (χ3n) is 2.39. The van der Waals surface area contributed by atoms with Gasteiger partial charge in [-0.25, -0.2) is 0 Å². The van der Waals surface area contributed by atoms with Gasteiger partial charge >= 0.3 is 0 Å². The van der Waals surface area contributed by atoms with Crippen LogP contribution in [0.5, 0.6) is 5.75 Å². The van der Waals surface area contributed by atoms with Crippen molar-refractivity contribution in [2.45, 2.75) is 0 Å². The molecule has 0 radical (unpaired) electrons. The summed E-state index contributed by atoms with van der Waals surface area (Å²) < 4.78 is 0. The first kappa shape index (κ1) is 10.5. The van der Waals surface area contributed by atoms with E-state index >= 15 is 0 Å². The molecule has 2 aromatic rings. The molecule has 0 heterocycles. The summed E-state index contributed by atoms with van der Waals surface area (Å²) in [7, 11) is 1.84. The predicted octanol–water partition coefficient (Wildman–Crippen LogP) is 2.12. The molecule has 0 bridgehead atoms. The van der Waals surface area contributed by atoms with Crippen molar-refractivity contribution in [1.29, 1.82) is 0 Å². The van der Waals surface area contributed by atoms with Crippen LogP contribution >= 0.6 is 0 Å². The van der Waals surface area contributed by atoms with Gasteiger partial charge in [0, 0.05) is 5.39 Å². The zero-order valence-corrected chi connectivity index (χ0v) is 9.12. The number of nitrogens with one attached hydrogen (secondary N) is 1. The van der Waals surface area contributed by atoms with Crippen LogP contribution in [0, 0.1) is 11.8 Å². The van der Waals surface area contributed by atoms with Gasteiger partial charge in [0.05, 0.1) is 12.1 Å². The van der Waals surface area contributed by atoms with Gasteiger partial charge in [-0.3, -0.25) is 0 Å². The second-order valence-electron chi connectivity index (χ2n) is 3.51. The van der Waals surface area contributed by atoms with Crippen molar-refractivity contribution in [3.63, 3.8) is 0 Å². The summed E-state index contributed by atoms with van der Waals surface area (Å²) in [5.74, 6) is 6.14. The monoisotopic (exact) mass is 211 g/mol. The van der Waals surface area contributed by atoms with Crippen LogP contribution in [0.2, 0.25) is 0 Å². The maximum Gasteiger partial charge on any atom is 0.139 e. The fourth-order valence-corrected chi connectivity index (χ4v) is 1.58. The molecule has 0 amide bonds. The van der Waals surface area contributed by atoms with Crippen molar-refractivity contribution in [2.24, 2.45) is 0 Å². The molecule has 0 unspecified atom stereocenters. The van der Waals surface area contributed by atoms with E-state index in [1.165, 1.54) is 0 Å². The maximum atomic E-state index is 10.0. The van der Waals surface area contributed by atoms with Gasteiger partial charge in [-0.15, -0.1) is 0 Å². The predicted molar refractivity (Wildman–Crippen MR) is 66.4 cm³/mol. The summed E-state index contributed by atoms with van der Waals surface area (Å²) in [6.07, 6.45) is 0. The Bertz CT molecular complexity index is 564. The molecular weight excluding hydrogens is 198 g/mol. The molecule has 0 aromatic heterocycles. The Labute approximate surface area is 94.9 Å². The van der Waals surface area contributed by atoms with Gasteiger partial charge in [-0.05, 0) is 18.5 Å². The maximum absolute atomic E-state index is 10.0. The van der Waals surface area contributed by atoms with Crippen molar-refractivity contribution >= 4 is 10.8 Å². The topological polar surface area (TPSA) is 32.3 Å². The number of fused-ring (bicyclic) bond motifs is 1. The second-order valence-corrected chi connectivity index (χ2v) is 3.51. The number of hydrogen-bond donors (Lipinski definition) is 2. The molecule has 0 aliphatic heterocycles. The van der Waals surface area contributed by atoms with Gasteiger partial charge in [0.1, 0.15) is 5.75 Å². The quantitative estimate of drug-likeness (QED) is 0.708. The van der Waals surface area contributed by atoms with Gasteiger partial charge in [0.15, 0.2) is 0 Å². The lowest BCUT2D eigenvalue weighted by Gasteiger charge is -2.02. The van der Waals surface area contributed by atoms with Crippen molar-refractivity contribution in [2.75, 3.05) is 13.6 Å². The molecule has 0 saturated heterocycles. The highest BCUT2D eigenvalue weighted by Crippen LogP contribution is 2.27. The smallest absolute Gasteiger partial charge is 0.139 e. The van der Waals surface area contributed by atoms with Gasteiger partial charge in [0.25, 0.3) is 0 Å². The lowest BCUT2D eigenvalue weighted by Crippen LogP contribution is -2.04. The second kappa shape index (κ2) is 4.69. The van der Waals surface area contributed by atoms with E-state index in [4.69, 9.17) is 0 Å². The third kappa shape index (κ3) is 2.00. The van der Waals surface area contributed by atoms with Crippen LogP contribution in [-0.2, 0) is 0 Å². The van der Waals surface area contributed by atoms with E-state index in [1.807, 2.05) is 43.4 Å². The minimum atomic E-state index is 0.265. The average molecular weight is 211 g/mol. The molecule has 0 aliphatic carbocycles. The first-order valence-corrected chi connectivity index (χ1v) is 5.17. The molecule has 2 nitrogen and oxygen atoms in total. The highest BCUT2D eigenvalue weighted by molar-refractivity contribution is 5.90. The summed E-state index contributed by atoms with van der Waals surface area (Å²) in [6, 6.07) is 11.5. The first-order valence-electron chi connectivity index (χ1n) is 5.17. The zero-order chi connectivity index (χ0) is 11.4. The summed E-state index contributed by atoms with van der Waals surface area (Å²) in [5, 5.41) is 14.8. The molecule has 0 aliphatic rings. The van der Waals surface area contributed by atoms with Crippen LogP contribution in [0.1, 0.15) is 5.56 Å². The number of phenols is 1. The van der Waals surface area contributed by atoms with Crippen LogP contribution < -0.4 is 5.32 Å². The fourth-order valence-electron chi connectivity index (χ4n) is 1.58. The minimum Gasteiger partial charge on any atom is -0.506 e. The summed E-state index contributed by atoms with van der Waals surface area (Å²) in [5.41, 5.74) is 0.675. The molecule has 0 fully saturated rings. The number of rotatable bonds is 1. The molecule has 2 aromatic carbocycles. The third-order valence-corrected chi connectivity index (χ3v) is 2.39. The van der Waals surface area contributed by atoms with Crippen LogP contribution in [0.25, 0.3) is 10.8 Å². The zero-order valence-electron chi connectivity index (χ0n) is 9.12. The molecule has 16 heavy (non-hydrogen) atoms. The van der Waals surface area contributed by atoms with Crippen LogP contribution in [0.3, 0.4) is 0 Å². The van der Waals surface area contributed by atoms with Gasteiger partial charge < -0.3 is 10.4 Å². The Morgan fingerprint density at radius 1 is 1.19 bits per heavy atom. The van der Waals surface area contributed by atoms with E-state index in [9.17, 15) is 5.11 Å². The number of benzene rings is 2. The molecular formula is C14H13NO. The molecule has 2 heteroatoms. The Kier molecular flexibility index (Phi) is 3.09. The highest BCUT2D eigenvalue weighted by atomic mass is 16.3. The van der Waals surface area contributed by atoms with Gasteiger partial charge in [0.2, 0.25) is 0 Å². The van der Waals surface area contributed by atoms with E-state index in [1.54, 1.807) is 0 Å². The Balaban J connectivity index is 2.49. The normalized spacial score (nSPS) is 9.81. The van der Waals surface area contributed by atoms with Crippen LogP contribution in [-0.4, -0.2) is 18.7 Å². The summed E-state index contributed by atoms with van der Waals surface area (Å²) in [6.45, 7) is 0.617. The van der Waals surface area contributed by atoms with Gasteiger partial charge in [-0.1, -0.05) is 42.2 Å². The Hall–Kier alpha value is -1.98. The Morgan fingerprint density at radius 2 is 2.00 bits per heavy atom. The largest absolute Gasteiger partial charge is 0.506 e. The standard InChI is InChI=1S/C14H13NO/c1-15-10-4-6-12-9-8-11-5-2-3-7-13(11)14(12)16/h2-3,5,7-9,15-16H,10H2,1H3. The van der Waals surface area contributed by atoms with E-state index in [0.29, 0.717) is 12.1 Å². The SMILES string of the molecule is CNCC#Cc1ccc2ccccc2c1O. The van der Waals surface area contributed by atoms with E-state index < -0.39 is 0 Å². The average Bonchev–Trinajstić information content (AvgIpc) is 2.33. The minimum absolute atomic E-state index is 0.265. The van der Waals surface area contributed by atoms with Crippen molar-refractivity contribution in [3.05, 3.63) is 42.0 Å². The first-order chi connectivity index (χ1) is 7.83. The lowest BCUT2D eigenvalue weighted by molar-refractivity contribution is 0.480.